The number of nitrogens with one attached hydrogen (secondary N) is 2. The topological polar surface area (TPSA) is 98.8 Å². The SMILES string of the molecule is COCCNc1nc(CCOc2ccc(C[C@H](Nc3ccccc3C(=O)c3ccccc3)C(=O)OC)cc2)c(C)s1. The number of benzene rings is 3. The third kappa shape index (κ3) is 8.39. The molecule has 0 spiro atoms. The minimum atomic E-state index is -0.684. The molecule has 0 aliphatic rings. The Labute approximate surface area is 244 Å². The number of anilines is 2. The standard InChI is InChI=1S/C32H35N3O5S/c1-22-27(35-32(41-22)33-18-20-38-2)17-19-40-25-15-13-23(14-16-25)21-29(31(37)39-3)34-28-12-8-7-11-26(28)30(36)24-9-5-4-6-10-24/h4-16,29,34H,17-21H2,1-3H3,(H,33,35)/t29-/m0/s1. The summed E-state index contributed by atoms with van der Waals surface area (Å²) in [5.74, 6) is 0.203. The average molecular weight is 574 g/mol. The van der Waals surface area contributed by atoms with Gasteiger partial charge in [0.1, 0.15) is 11.8 Å². The Balaban J connectivity index is 1.36. The number of hydrogen-bond acceptors (Lipinski definition) is 9. The van der Waals surface area contributed by atoms with Crippen LogP contribution in [0.1, 0.15) is 32.1 Å². The summed E-state index contributed by atoms with van der Waals surface area (Å²) >= 11 is 1.63. The summed E-state index contributed by atoms with van der Waals surface area (Å²) in [7, 11) is 3.03. The van der Waals surface area contributed by atoms with Gasteiger partial charge in [0.15, 0.2) is 10.9 Å². The van der Waals surface area contributed by atoms with Crippen molar-refractivity contribution >= 4 is 33.9 Å². The molecule has 1 aromatic heterocycles. The number of nitrogens with zero attached hydrogens (tertiary/aromatic N) is 1. The molecule has 0 bridgehead atoms. The van der Waals surface area contributed by atoms with Gasteiger partial charge in [-0.1, -0.05) is 54.6 Å². The van der Waals surface area contributed by atoms with E-state index in [1.54, 1.807) is 42.7 Å². The number of esters is 1. The van der Waals surface area contributed by atoms with Gasteiger partial charge in [0.25, 0.3) is 0 Å². The summed E-state index contributed by atoms with van der Waals surface area (Å²) in [5.41, 5.74) is 3.59. The normalized spacial score (nSPS) is 11.5. The first-order chi connectivity index (χ1) is 20.0. The number of ketones is 1. The number of methoxy groups -OCH3 is 2. The van der Waals surface area contributed by atoms with Crippen LogP contribution in [0.15, 0.2) is 78.9 Å². The van der Waals surface area contributed by atoms with Crippen molar-refractivity contribution in [2.45, 2.75) is 25.8 Å². The fraction of sp³-hybridized carbons (Fsp3) is 0.281. The lowest BCUT2D eigenvalue weighted by atomic mass is 10.00. The van der Waals surface area contributed by atoms with Crippen LogP contribution in [0.2, 0.25) is 0 Å². The fourth-order valence-electron chi connectivity index (χ4n) is 4.29. The molecule has 4 rings (SSSR count). The first kappa shape index (κ1) is 29.8. The average Bonchev–Trinajstić information content (AvgIpc) is 3.36. The van der Waals surface area contributed by atoms with E-state index in [1.807, 2.05) is 54.6 Å². The van der Waals surface area contributed by atoms with Crippen LogP contribution >= 0.6 is 11.3 Å². The van der Waals surface area contributed by atoms with Crippen molar-refractivity contribution in [2.24, 2.45) is 0 Å². The van der Waals surface area contributed by atoms with E-state index in [9.17, 15) is 9.59 Å². The van der Waals surface area contributed by atoms with Gasteiger partial charge in [-0.05, 0) is 36.8 Å². The maximum Gasteiger partial charge on any atom is 0.328 e. The zero-order chi connectivity index (χ0) is 29.0. The summed E-state index contributed by atoms with van der Waals surface area (Å²) in [6, 6.07) is 23.2. The van der Waals surface area contributed by atoms with E-state index in [4.69, 9.17) is 14.2 Å². The van der Waals surface area contributed by atoms with Crippen LogP contribution in [0.5, 0.6) is 5.75 Å². The van der Waals surface area contributed by atoms with Crippen LogP contribution in [-0.4, -0.2) is 56.8 Å². The van der Waals surface area contributed by atoms with Crippen LogP contribution in [0.25, 0.3) is 0 Å². The van der Waals surface area contributed by atoms with Gasteiger partial charge < -0.3 is 24.8 Å². The van der Waals surface area contributed by atoms with E-state index < -0.39 is 12.0 Å². The van der Waals surface area contributed by atoms with E-state index in [2.05, 4.69) is 22.5 Å². The summed E-state index contributed by atoms with van der Waals surface area (Å²) < 4.78 is 16.1. The van der Waals surface area contributed by atoms with Crippen molar-refractivity contribution < 1.29 is 23.8 Å². The minimum absolute atomic E-state index is 0.120. The second-order valence-corrected chi connectivity index (χ2v) is 10.6. The maximum atomic E-state index is 13.2. The first-order valence-electron chi connectivity index (χ1n) is 13.4. The molecular weight excluding hydrogens is 538 g/mol. The molecule has 214 valence electrons. The highest BCUT2D eigenvalue weighted by molar-refractivity contribution is 7.15. The van der Waals surface area contributed by atoms with Crippen LogP contribution in [-0.2, 0) is 27.1 Å². The first-order valence-corrected chi connectivity index (χ1v) is 14.2. The molecule has 0 fully saturated rings. The molecule has 0 saturated heterocycles. The number of aryl methyl sites for hydroxylation is 1. The van der Waals surface area contributed by atoms with E-state index in [0.717, 1.165) is 33.6 Å². The minimum Gasteiger partial charge on any atom is -0.493 e. The van der Waals surface area contributed by atoms with Crippen molar-refractivity contribution in [3.8, 4) is 5.75 Å². The number of thiazole rings is 1. The number of hydrogen-bond donors (Lipinski definition) is 2. The van der Waals surface area contributed by atoms with Gasteiger partial charge in [-0.3, -0.25) is 4.79 Å². The summed E-state index contributed by atoms with van der Waals surface area (Å²) in [4.78, 5) is 31.7. The smallest absolute Gasteiger partial charge is 0.328 e. The molecule has 0 aliphatic carbocycles. The van der Waals surface area contributed by atoms with Gasteiger partial charge >= 0.3 is 5.97 Å². The molecule has 2 N–H and O–H groups in total. The lowest BCUT2D eigenvalue weighted by molar-refractivity contribution is -0.141. The predicted octanol–water partition coefficient (Wildman–Crippen LogP) is 5.56. The zero-order valence-electron chi connectivity index (χ0n) is 23.5. The second-order valence-electron chi connectivity index (χ2n) is 9.35. The van der Waals surface area contributed by atoms with E-state index >= 15 is 0 Å². The molecule has 1 atom stereocenters. The zero-order valence-corrected chi connectivity index (χ0v) is 24.3. The van der Waals surface area contributed by atoms with Crippen LogP contribution in [0, 0.1) is 6.92 Å². The lowest BCUT2D eigenvalue weighted by Crippen LogP contribution is -2.33. The number of rotatable bonds is 15. The van der Waals surface area contributed by atoms with E-state index in [0.29, 0.717) is 42.9 Å². The molecule has 8 nitrogen and oxygen atoms in total. The molecule has 0 unspecified atom stereocenters. The van der Waals surface area contributed by atoms with Crippen LogP contribution in [0.3, 0.4) is 0 Å². The third-order valence-corrected chi connectivity index (χ3v) is 7.44. The second kappa shape index (κ2) is 15.0. The molecule has 3 aromatic carbocycles. The molecular formula is C32H35N3O5S. The summed E-state index contributed by atoms with van der Waals surface area (Å²) in [5, 5.41) is 7.40. The number of carbonyl (C=O) groups excluding carboxylic acids is 2. The van der Waals surface area contributed by atoms with Gasteiger partial charge in [0.2, 0.25) is 0 Å². The number of carbonyl (C=O) groups is 2. The van der Waals surface area contributed by atoms with Crippen LogP contribution in [0.4, 0.5) is 10.8 Å². The van der Waals surface area contributed by atoms with Gasteiger partial charge in [0.05, 0.1) is 26.0 Å². The molecule has 0 amide bonds. The highest BCUT2D eigenvalue weighted by Crippen LogP contribution is 2.24. The predicted molar refractivity (Wildman–Crippen MR) is 162 cm³/mol. The molecule has 41 heavy (non-hydrogen) atoms. The highest BCUT2D eigenvalue weighted by Gasteiger charge is 2.22. The Bertz CT molecular complexity index is 1420. The van der Waals surface area contributed by atoms with Crippen molar-refractivity contribution in [1.29, 1.82) is 0 Å². The molecule has 0 radical (unpaired) electrons. The summed E-state index contributed by atoms with van der Waals surface area (Å²) in [6.07, 6.45) is 1.07. The van der Waals surface area contributed by atoms with Crippen molar-refractivity contribution in [1.82, 2.24) is 4.98 Å². The van der Waals surface area contributed by atoms with Gasteiger partial charge in [-0.25, -0.2) is 9.78 Å². The Hall–Kier alpha value is -4.21. The maximum absolute atomic E-state index is 13.2. The number of aromatic nitrogens is 1. The van der Waals surface area contributed by atoms with Gasteiger partial charge in [-0.2, -0.15) is 0 Å². The van der Waals surface area contributed by atoms with E-state index in [1.165, 1.54) is 7.11 Å². The fourth-order valence-corrected chi connectivity index (χ4v) is 5.18. The lowest BCUT2D eigenvalue weighted by Gasteiger charge is -2.20. The number of para-hydroxylation sites is 1. The Morgan fingerprint density at radius 2 is 1.66 bits per heavy atom. The molecule has 9 heteroatoms. The quantitative estimate of drug-likeness (QED) is 0.108. The van der Waals surface area contributed by atoms with Gasteiger partial charge in [0, 0.05) is 48.2 Å². The van der Waals surface area contributed by atoms with Crippen molar-refractivity contribution in [2.75, 3.05) is 44.6 Å². The molecule has 1 heterocycles. The number of ether oxygens (including phenoxy) is 3. The third-order valence-electron chi connectivity index (χ3n) is 6.47. The Morgan fingerprint density at radius 1 is 0.927 bits per heavy atom. The van der Waals surface area contributed by atoms with Gasteiger partial charge in [-0.15, -0.1) is 11.3 Å². The van der Waals surface area contributed by atoms with E-state index in [-0.39, 0.29) is 5.78 Å². The van der Waals surface area contributed by atoms with Crippen LogP contribution < -0.4 is 15.4 Å². The van der Waals surface area contributed by atoms with Crippen molar-refractivity contribution in [3.63, 3.8) is 0 Å². The molecule has 0 aliphatic heterocycles. The molecule has 0 saturated carbocycles. The monoisotopic (exact) mass is 573 g/mol. The highest BCUT2D eigenvalue weighted by atomic mass is 32.1. The Kier molecular flexibility index (Phi) is 10.9. The van der Waals surface area contributed by atoms with Crippen molar-refractivity contribution in [3.05, 3.63) is 106 Å². The summed E-state index contributed by atoms with van der Waals surface area (Å²) in [6.45, 7) is 3.91. The largest absolute Gasteiger partial charge is 0.493 e. The Morgan fingerprint density at radius 3 is 2.39 bits per heavy atom. The molecule has 4 aromatic rings.